The van der Waals surface area contributed by atoms with Gasteiger partial charge in [0.05, 0.1) is 0 Å². The van der Waals surface area contributed by atoms with Crippen molar-refractivity contribution in [1.82, 2.24) is 5.32 Å². The second-order valence-electron chi connectivity index (χ2n) is 7.25. The van der Waals surface area contributed by atoms with Gasteiger partial charge in [0.2, 0.25) is 0 Å². The molecule has 0 atom stereocenters. The first-order chi connectivity index (χ1) is 10.8. The van der Waals surface area contributed by atoms with Crippen molar-refractivity contribution in [3.63, 3.8) is 0 Å². The van der Waals surface area contributed by atoms with Gasteiger partial charge in [-0.2, -0.15) is 0 Å². The second kappa shape index (κ2) is 7.30. The summed E-state index contributed by atoms with van der Waals surface area (Å²) in [6, 6.07) is 8.15. The summed E-state index contributed by atoms with van der Waals surface area (Å²) in [5.74, 6) is 0.147. The van der Waals surface area contributed by atoms with Gasteiger partial charge >= 0.3 is 0 Å². The van der Waals surface area contributed by atoms with Crippen molar-refractivity contribution in [3.8, 4) is 0 Å². The summed E-state index contributed by atoms with van der Waals surface area (Å²) >= 11 is 0. The first-order valence-electron chi connectivity index (χ1n) is 9.20. The predicted molar refractivity (Wildman–Crippen MR) is 91.1 cm³/mol. The zero-order chi connectivity index (χ0) is 15.3. The Hall–Kier alpha value is -1.31. The SMILES string of the molecule is O=C1NC2(CCCCCCCCCCC2)Cc2ccccc21. The fraction of sp³-hybridized carbons (Fsp3) is 0.650. The molecule has 0 bridgehead atoms. The minimum Gasteiger partial charge on any atom is -0.346 e. The maximum absolute atomic E-state index is 12.5. The van der Waals surface area contributed by atoms with Crippen molar-refractivity contribution in [2.45, 2.75) is 82.6 Å². The molecule has 1 aliphatic carbocycles. The summed E-state index contributed by atoms with van der Waals surface area (Å²) < 4.78 is 0. The number of carbonyl (C=O) groups is 1. The van der Waals surface area contributed by atoms with E-state index in [0.29, 0.717) is 0 Å². The molecule has 2 heteroatoms. The molecule has 1 saturated carbocycles. The number of hydrogen-bond acceptors (Lipinski definition) is 1. The standard InChI is InChI=1S/C20H29NO/c22-19-18-13-9-8-12-17(18)16-20(21-19)14-10-6-4-2-1-3-5-7-11-15-20/h8-9,12-13H,1-7,10-11,14-16H2,(H,21,22). The molecule has 120 valence electrons. The van der Waals surface area contributed by atoms with Crippen LogP contribution in [0.15, 0.2) is 24.3 Å². The van der Waals surface area contributed by atoms with Gasteiger partial charge in [-0.3, -0.25) is 4.79 Å². The summed E-state index contributed by atoms with van der Waals surface area (Å²) in [4.78, 5) is 12.5. The smallest absolute Gasteiger partial charge is 0.251 e. The third kappa shape index (κ3) is 3.71. The van der Waals surface area contributed by atoms with E-state index in [1.807, 2.05) is 12.1 Å². The molecule has 2 nitrogen and oxygen atoms in total. The predicted octanol–water partition coefficient (Wildman–Crippen LogP) is 5.02. The zero-order valence-corrected chi connectivity index (χ0v) is 13.7. The van der Waals surface area contributed by atoms with Gasteiger partial charge in [-0.1, -0.05) is 76.0 Å². The summed E-state index contributed by atoms with van der Waals surface area (Å²) in [5.41, 5.74) is 2.16. The van der Waals surface area contributed by atoms with Crippen LogP contribution in [0.3, 0.4) is 0 Å². The molecule has 1 fully saturated rings. The molecular formula is C20H29NO. The number of amides is 1. The van der Waals surface area contributed by atoms with E-state index in [9.17, 15) is 4.79 Å². The molecule has 1 spiro atoms. The average Bonchev–Trinajstić information content (AvgIpc) is 2.51. The van der Waals surface area contributed by atoms with Gasteiger partial charge in [-0.15, -0.1) is 0 Å². The molecule has 1 aromatic carbocycles. The van der Waals surface area contributed by atoms with Gasteiger partial charge in [-0.25, -0.2) is 0 Å². The van der Waals surface area contributed by atoms with Gasteiger partial charge in [-0.05, 0) is 30.9 Å². The molecule has 2 aliphatic rings. The Balaban J connectivity index is 1.75. The third-order valence-corrected chi connectivity index (χ3v) is 5.48. The van der Waals surface area contributed by atoms with Crippen LogP contribution in [0.2, 0.25) is 0 Å². The largest absolute Gasteiger partial charge is 0.346 e. The van der Waals surface area contributed by atoms with Gasteiger partial charge in [0.1, 0.15) is 0 Å². The first kappa shape index (κ1) is 15.6. The number of benzene rings is 1. The van der Waals surface area contributed by atoms with E-state index in [2.05, 4.69) is 17.4 Å². The van der Waals surface area contributed by atoms with Crippen LogP contribution in [0.4, 0.5) is 0 Å². The number of nitrogens with one attached hydrogen (secondary N) is 1. The Kier molecular flexibility index (Phi) is 5.17. The van der Waals surface area contributed by atoms with Crippen LogP contribution in [-0.2, 0) is 6.42 Å². The molecule has 1 aliphatic heterocycles. The highest BCUT2D eigenvalue weighted by atomic mass is 16.1. The quantitative estimate of drug-likeness (QED) is 0.716. The zero-order valence-electron chi connectivity index (χ0n) is 13.7. The highest BCUT2D eigenvalue weighted by Gasteiger charge is 2.36. The number of carbonyl (C=O) groups excluding carboxylic acids is 1. The summed E-state index contributed by atoms with van der Waals surface area (Å²) in [6.07, 6.45) is 15.4. The molecule has 1 heterocycles. The number of fused-ring (bicyclic) bond motifs is 1. The van der Waals surface area contributed by atoms with Crippen LogP contribution < -0.4 is 5.32 Å². The fourth-order valence-corrected chi connectivity index (χ4v) is 4.20. The van der Waals surface area contributed by atoms with Crippen molar-refractivity contribution in [2.24, 2.45) is 0 Å². The highest BCUT2D eigenvalue weighted by Crippen LogP contribution is 2.32. The maximum Gasteiger partial charge on any atom is 0.251 e. The van der Waals surface area contributed by atoms with E-state index in [1.165, 1.54) is 63.4 Å². The van der Waals surface area contributed by atoms with Crippen molar-refractivity contribution < 1.29 is 4.79 Å². The number of hydrogen-bond donors (Lipinski definition) is 1. The topological polar surface area (TPSA) is 29.1 Å². The summed E-state index contributed by atoms with van der Waals surface area (Å²) in [5, 5.41) is 3.40. The van der Waals surface area contributed by atoms with Crippen LogP contribution in [0.5, 0.6) is 0 Å². The summed E-state index contributed by atoms with van der Waals surface area (Å²) in [7, 11) is 0. The summed E-state index contributed by atoms with van der Waals surface area (Å²) in [6.45, 7) is 0. The lowest BCUT2D eigenvalue weighted by atomic mass is 9.77. The highest BCUT2D eigenvalue weighted by molar-refractivity contribution is 5.97. The van der Waals surface area contributed by atoms with Gasteiger partial charge in [0, 0.05) is 11.1 Å². The molecule has 0 radical (unpaired) electrons. The third-order valence-electron chi connectivity index (χ3n) is 5.48. The van der Waals surface area contributed by atoms with Crippen molar-refractivity contribution in [1.29, 1.82) is 0 Å². The first-order valence-corrected chi connectivity index (χ1v) is 9.20. The Morgan fingerprint density at radius 3 is 1.95 bits per heavy atom. The van der Waals surface area contributed by atoms with E-state index >= 15 is 0 Å². The Morgan fingerprint density at radius 2 is 1.32 bits per heavy atom. The van der Waals surface area contributed by atoms with E-state index in [-0.39, 0.29) is 11.4 Å². The van der Waals surface area contributed by atoms with Crippen LogP contribution >= 0.6 is 0 Å². The van der Waals surface area contributed by atoms with Crippen molar-refractivity contribution >= 4 is 5.91 Å². The number of rotatable bonds is 0. The average molecular weight is 299 g/mol. The Labute approximate surface area is 134 Å². The van der Waals surface area contributed by atoms with E-state index in [4.69, 9.17) is 0 Å². The Morgan fingerprint density at radius 1 is 0.773 bits per heavy atom. The van der Waals surface area contributed by atoms with Gasteiger partial charge in [0.25, 0.3) is 5.91 Å². The molecule has 1 aromatic rings. The lowest BCUT2D eigenvalue weighted by Gasteiger charge is -2.39. The lowest BCUT2D eigenvalue weighted by molar-refractivity contribution is 0.0858. The molecule has 1 N–H and O–H groups in total. The van der Waals surface area contributed by atoms with Crippen LogP contribution in [0.1, 0.15) is 86.6 Å². The van der Waals surface area contributed by atoms with Crippen molar-refractivity contribution in [3.05, 3.63) is 35.4 Å². The van der Waals surface area contributed by atoms with Crippen molar-refractivity contribution in [2.75, 3.05) is 0 Å². The molecule has 0 unspecified atom stereocenters. The molecule has 0 aromatic heterocycles. The monoisotopic (exact) mass is 299 g/mol. The second-order valence-corrected chi connectivity index (χ2v) is 7.25. The van der Waals surface area contributed by atoms with Gasteiger partial charge in [0.15, 0.2) is 0 Å². The minimum absolute atomic E-state index is 0.0185. The lowest BCUT2D eigenvalue weighted by Crippen LogP contribution is -2.53. The molecule has 1 amide bonds. The van der Waals surface area contributed by atoms with E-state index < -0.39 is 0 Å². The van der Waals surface area contributed by atoms with Crippen LogP contribution in [0.25, 0.3) is 0 Å². The van der Waals surface area contributed by atoms with E-state index in [1.54, 1.807) is 0 Å². The van der Waals surface area contributed by atoms with Crippen LogP contribution in [0, 0.1) is 0 Å². The minimum atomic E-state index is 0.0185. The Bertz CT molecular complexity index is 496. The van der Waals surface area contributed by atoms with E-state index in [0.717, 1.165) is 24.8 Å². The molecular weight excluding hydrogens is 270 g/mol. The molecule has 22 heavy (non-hydrogen) atoms. The van der Waals surface area contributed by atoms with Crippen LogP contribution in [-0.4, -0.2) is 11.4 Å². The van der Waals surface area contributed by atoms with Gasteiger partial charge < -0.3 is 5.32 Å². The molecule has 0 saturated heterocycles. The maximum atomic E-state index is 12.5. The fourth-order valence-electron chi connectivity index (χ4n) is 4.20. The molecule has 3 rings (SSSR count). The normalized spacial score (nSPS) is 23.0.